The van der Waals surface area contributed by atoms with Crippen molar-refractivity contribution < 1.29 is 9.90 Å². The van der Waals surface area contributed by atoms with Crippen LogP contribution in [0.3, 0.4) is 0 Å². The minimum atomic E-state index is -0.679. The van der Waals surface area contributed by atoms with Gasteiger partial charge in [0, 0.05) is 20.8 Å². The Morgan fingerprint density at radius 3 is 2.27 bits per heavy atom. The number of fused-ring (bicyclic) bond motifs is 1. The molecule has 0 radical (unpaired) electrons. The molecule has 0 bridgehead atoms. The van der Waals surface area contributed by atoms with Crippen molar-refractivity contribution in [3.63, 3.8) is 0 Å². The summed E-state index contributed by atoms with van der Waals surface area (Å²) in [6, 6.07) is 23.4. The molecular formula is C24H17Br2N5O2. The maximum atomic E-state index is 12.9. The third kappa shape index (κ3) is 3.87. The number of halogens is 2. The van der Waals surface area contributed by atoms with Gasteiger partial charge in [0.15, 0.2) is 5.69 Å². The molecule has 0 aliphatic carbocycles. The molecule has 1 aromatic heterocycles. The maximum absolute atomic E-state index is 12.9. The third-order valence-corrected chi connectivity index (χ3v) is 6.70. The first-order valence-electron chi connectivity index (χ1n) is 10.1. The summed E-state index contributed by atoms with van der Waals surface area (Å²) >= 11 is 6.87. The summed E-state index contributed by atoms with van der Waals surface area (Å²) in [5.41, 5.74) is 5.58. The zero-order valence-corrected chi connectivity index (χ0v) is 20.3. The lowest BCUT2D eigenvalue weighted by Gasteiger charge is -2.30. The van der Waals surface area contributed by atoms with E-state index in [0.29, 0.717) is 17.3 Å². The van der Waals surface area contributed by atoms with Crippen LogP contribution in [0.5, 0.6) is 5.88 Å². The number of carbonyl (C=O) groups excluding carboxylic acids is 1. The largest absolute Gasteiger partial charge is 0.493 e. The van der Waals surface area contributed by atoms with E-state index in [1.807, 2.05) is 66.7 Å². The Balaban J connectivity index is 1.46. The first kappa shape index (κ1) is 21.5. The van der Waals surface area contributed by atoms with Gasteiger partial charge < -0.3 is 10.1 Å². The van der Waals surface area contributed by atoms with E-state index in [9.17, 15) is 9.90 Å². The van der Waals surface area contributed by atoms with Crippen molar-refractivity contribution >= 4 is 60.1 Å². The van der Waals surface area contributed by atoms with Gasteiger partial charge in [0.25, 0.3) is 0 Å². The van der Waals surface area contributed by atoms with Crippen molar-refractivity contribution in [1.82, 2.24) is 10.4 Å². The first-order chi connectivity index (χ1) is 16.0. The van der Waals surface area contributed by atoms with Crippen LogP contribution in [0.1, 0.15) is 17.5 Å². The normalized spacial score (nSPS) is 15.0. The first-order valence-corrected chi connectivity index (χ1v) is 11.7. The Hall–Kier alpha value is -3.30. The third-order valence-electron chi connectivity index (χ3n) is 5.61. The molecule has 4 aromatic rings. The minimum absolute atomic E-state index is 0.172. The number of aromatic hydroxyl groups is 1. The molecule has 3 N–H and O–H groups in total. The number of nitrogens with zero attached hydrogens (tertiary/aromatic N) is 3. The minimum Gasteiger partial charge on any atom is -0.493 e. The number of nitrogens with one attached hydrogen (secondary N) is 2. The van der Waals surface area contributed by atoms with Crippen LogP contribution in [-0.4, -0.2) is 21.7 Å². The zero-order chi connectivity index (χ0) is 23.0. The number of benzene rings is 3. The van der Waals surface area contributed by atoms with Crippen molar-refractivity contribution in [2.24, 2.45) is 15.3 Å². The topological polar surface area (TPSA) is 102 Å². The number of rotatable bonds is 4. The van der Waals surface area contributed by atoms with Gasteiger partial charge in [-0.15, -0.1) is 10.2 Å². The van der Waals surface area contributed by atoms with Crippen LogP contribution in [0.15, 0.2) is 97.1 Å². The molecule has 1 aliphatic rings. The lowest BCUT2D eigenvalue weighted by molar-refractivity contribution is -0.112. The van der Waals surface area contributed by atoms with E-state index in [1.54, 1.807) is 6.07 Å². The number of aromatic nitrogens is 1. The molecule has 7 nitrogen and oxygen atoms in total. The molecule has 3 aromatic carbocycles. The standard InChI is InChI=1S/C24H17Br2N5O2/c25-16-11-17-20(18(26)12-16)27-23(33)21(17)29-30-22(32)19-13-24(31-28-19,14-7-3-1-4-8-14)15-9-5-2-6-10-15/h1-12,27,31,33H,13H2. The fourth-order valence-corrected chi connectivity index (χ4v) is 5.33. The van der Waals surface area contributed by atoms with Gasteiger partial charge in [-0.05, 0) is 39.2 Å². The SMILES string of the molecule is O=C(N=Nc1c(O)[nH]c2c(Br)cc(Br)cc12)C1=NNC(c2ccccc2)(c2ccccc2)C1. The van der Waals surface area contributed by atoms with Crippen LogP contribution in [-0.2, 0) is 10.3 Å². The van der Waals surface area contributed by atoms with Crippen molar-refractivity contribution in [3.8, 4) is 5.88 Å². The Kier molecular flexibility index (Phi) is 5.59. The van der Waals surface area contributed by atoms with E-state index < -0.39 is 11.4 Å². The predicted molar refractivity (Wildman–Crippen MR) is 134 cm³/mol. The van der Waals surface area contributed by atoms with Crippen LogP contribution < -0.4 is 5.43 Å². The average molecular weight is 567 g/mol. The van der Waals surface area contributed by atoms with E-state index >= 15 is 0 Å². The highest BCUT2D eigenvalue weighted by molar-refractivity contribution is 9.11. The van der Waals surface area contributed by atoms with E-state index in [0.717, 1.165) is 20.1 Å². The molecule has 1 amide bonds. The molecule has 9 heteroatoms. The van der Waals surface area contributed by atoms with Gasteiger partial charge in [-0.3, -0.25) is 10.2 Å². The molecular weight excluding hydrogens is 550 g/mol. The van der Waals surface area contributed by atoms with Gasteiger partial charge in [0.05, 0.1) is 5.52 Å². The summed E-state index contributed by atoms with van der Waals surface area (Å²) in [5.74, 6) is -0.742. The molecule has 0 unspecified atom stereocenters. The van der Waals surface area contributed by atoms with Gasteiger partial charge in [-0.25, -0.2) is 0 Å². The number of hydrazone groups is 1. The number of H-pyrrole nitrogens is 1. The summed E-state index contributed by atoms with van der Waals surface area (Å²) in [6.45, 7) is 0. The van der Waals surface area contributed by atoms with Crippen molar-refractivity contribution in [2.45, 2.75) is 12.0 Å². The lowest BCUT2D eigenvalue weighted by atomic mass is 9.80. The van der Waals surface area contributed by atoms with E-state index in [4.69, 9.17) is 0 Å². The number of azo groups is 1. The Morgan fingerprint density at radius 1 is 1.00 bits per heavy atom. The second kappa shape index (κ2) is 8.57. The van der Waals surface area contributed by atoms with Gasteiger partial charge in [0.2, 0.25) is 5.88 Å². The van der Waals surface area contributed by atoms with Gasteiger partial charge >= 0.3 is 5.91 Å². The lowest BCUT2D eigenvalue weighted by Crippen LogP contribution is -2.37. The van der Waals surface area contributed by atoms with E-state index in [2.05, 4.69) is 57.6 Å². The molecule has 5 rings (SSSR count). The van der Waals surface area contributed by atoms with Gasteiger partial charge in [0.1, 0.15) is 11.3 Å². The summed E-state index contributed by atoms with van der Waals surface area (Å²) in [7, 11) is 0. The predicted octanol–water partition coefficient (Wildman–Crippen LogP) is 6.30. The molecule has 0 spiro atoms. The smallest absolute Gasteiger partial charge is 0.311 e. The summed E-state index contributed by atoms with van der Waals surface area (Å²) in [4.78, 5) is 15.8. The second-order valence-corrected chi connectivity index (χ2v) is 9.39. The molecule has 0 saturated carbocycles. The highest BCUT2D eigenvalue weighted by Crippen LogP contribution is 2.41. The van der Waals surface area contributed by atoms with Gasteiger partial charge in [-0.2, -0.15) is 5.10 Å². The van der Waals surface area contributed by atoms with Crippen LogP contribution in [0.2, 0.25) is 0 Å². The fraction of sp³-hybridized carbons (Fsp3) is 0.0833. The molecule has 164 valence electrons. The number of carbonyl (C=O) groups is 1. The average Bonchev–Trinajstić information content (AvgIpc) is 3.42. The van der Waals surface area contributed by atoms with Crippen molar-refractivity contribution in [2.75, 3.05) is 0 Å². The summed E-state index contributed by atoms with van der Waals surface area (Å²) < 4.78 is 1.54. The monoisotopic (exact) mass is 565 g/mol. The highest BCUT2D eigenvalue weighted by atomic mass is 79.9. The Labute approximate surface area is 205 Å². The molecule has 0 saturated heterocycles. The maximum Gasteiger partial charge on any atom is 0.311 e. The number of amides is 1. The fourth-order valence-electron chi connectivity index (χ4n) is 4.01. The van der Waals surface area contributed by atoms with E-state index in [-0.39, 0.29) is 17.3 Å². The van der Waals surface area contributed by atoms with Crippen LogP contribution in [0, 0.1) is 0 Å². The Morgan fingerprint density at radius 2 is 1.64 bits per heavy atom. The molecule has 2 heterocycles. The zero-order valence-electron chi connectivity index (χ0n) is 17.1. The molecule has 33 heavy (non-hydrogen) atoms. The number of aromatic amines is 1. The number of hydrogen-bond acceptors (Lipinski definition) is 5. The Bertz CT molecular complexity index is 1380. The summed E-state index contributed by atoms with van der Waals surface area (Å²) in [6.07, 6.45) is 0.315. The molecule has 0 atom stereocenters. The van der Waals surface area contributed by atoms with Crippen LogP contribution in [0.25, 0.3) is 10.9 Å². The van der Waals surface area contributed by atoms with E-state index in [1.165, 1.54) is 0 Å². The molecule has 1 aliphatic heterocycles. The summed E-state index contributed by atoms with van der Waals surface area (Å²) in [5, 5.41) is 23.2. The van der Waals surface area contributed by atoms with Gasteiger partial charge in [-0.1, -0.05) is 76.6 Å². The van der Waals surface area contributed by atoms with Crippen molar-refractivity contribution in [1.29, 1.82) is 0 Å². The van der Waals surface area contributed by atoms with Crippen LogP contribution >= 0.6 is 31.9 Å². The molecule has 0 fully saturated rings. The highest BCUT2D eigenvalue weighted by Gasteiger charge is 2.41. The quantitative estimate of drug-likeness (QED) is 0.252. The van der Waals surface area contributed by atoms with Crippen molar-refractivity contribution in [3.05, 3.63) is 92.9 Å². The van der Waals surface area contributed by atoms with Crippen LogP contribution in [0.4, 0.5) is 5.69 Å². The second-order valence-electron chi connectivity index (χ2n) is 7.62. The number of hydrogen-bond donors (Lipinski definition) is 3.